The topological polar surface area (TPSA) is 0 Å². The maximum atomic E-state index is 3.00. The van der Waals surface area contributed by atoms with Gasteiger partial charge in [-0.25, -0.2) is 0 Å². The van der Waals surface area contributed by atoms with Crippen molar-refractivity contribution >= 4 is 0 Å². The average Bonchev–Trinajstić information content (AvgIpc) is 1.50. The number of rotatable bonds is 0. The van der Waals surface area contributed by atoms with Gasteiger partial charge in [0.05, 0.1) is 0 Å². The molecule has 0 saturated heterocycles. The van der Waals surface area contributed by atoms with E-state index in [1.807, 2.05) is 0 Å². The van der Waals surface area contributed by atoms with Crippen LogP contribution in [0.1, 0.15) is 0 Å². The molecule has 0 aliphatic heterocycles. The molecule has 5 heavy (non-hydrogen) atoms. The van der Waals surface area contributed by atoms with E-state index < -0.39 is 0 Å². The molecule has 1 heteroatoms. The van der Waals surface area contributed by atoms with Crippen LogP contribution in [0.5, 0.6) is 0 Å². The molecule has 0 atom stereocenters. The van der Waals surface area contributed by atoms with E-state index in [0.29, 0.717) is 0 Å². The minimum absolute atomic E-state index is 0. The van der Waals surface area contributed by atoms with Crippen molar-refractivity contribution in [1.82, 2.24) is 0 Å². The van der Waals surface area contributed by atoms with Gasteiger partial charge in [0.1, 0.15) is 0 Å². The Morgan fingerprint density at radius 3 is 0.600 bits per heavy atom. The van der Waals surface area contributed by atoms with Gasteiger partial charge >= 0.3 is 29.6 Å². The Morgan fingerprint density at radius 1 is 0.600 bits per heavy atom. The minimum Gasteiger partial charge on any atom is -0.106 e. The third kappa shape index (κ3) is 120. The molecule has 0 aromatic heterocycles. The van der Waals surface area contributed by atoms with Crippen LogP contribution in [-0.4, -0.2) is 0 Å². The summed E-state index contributed by atoms with van der Waals surface area (Å²) in [6, 6.07) is 0. The van der Waals surface area contributed by atoms with Gasteiger partial charge in [0.25, 0.3) is 0 Å². The zero-order valence-electron chi connectivity index (χ0n) is 3.83. The summed E-state index contributed by atoms with van der Waals surface area (Å²) in [6.45, 7) is 12.0. The predicted molar refractivity (Wildman–Crippen MR) is 22.5 cm³/mol. The third-order valence-corrected chi connectivity index (χ3v) is 0. The van der Waals surface area contributed by atoms with Crippen molar-refractivity contribution in [3.05, 3.63) is 26.3 Å². The first kappa shape index (κ1) is 17.9. The first-order chi connectivity index (χ1) is 2.00. The minimum atomic E-state index is 0. The molecule has 0 bridgehead atoms. The van der Waals surface area contributed by atoms with Gasteiger partial charge in [-0.05, 0) is 0 Å². The number of hydrogen-bond donors (Lipinski definition) is 0. The molecule has 0 aliphatic carbocycles. The van der Waals surface area contributed by atoms with Gasteiger partial charge in [0, 0.05) is 0 Å². The van der Waals surface area contributed by atoms with Crippen LogP contribution < -0.4 is 29.6 Å². The Hall–Kier alpha value is 0.480. The molecule has 0 radical (unpaired) electrons. The largest absolute Gasteiger partial charge is 1.00 e. The van der Waals surface area contributed by atoms with E-state index in [4.69, 9.17) is 0 Å². The molecule has 0 aliphatic rings. The average molecular weight is 79.1 g/mol. The van der Waals surface area contributed by atoms with E-state index in [0.717, 1.165) is 0 Å². The summed E-state index contributed by atoms with van der Waals surface area (Å²) in [5.41, 5.74) is 0. The van der Waals surface area contributed by atoms with Crippen LogP contribution in [0.2, 0.25) is 0 Å². The Bertz CT molecular complexity index is 5.61. The quantitative estimate of drug-likeness (QED) is 0.248. The maximum absolute atomic E-state index is 3.00. The van der Waals surface area contributed by atoms with E-state index >= 15 is 0 Å². The molecule has 0 amide bonds. The van der Waals surface area contributed by atoms with Gasteiger partial charge in [0.15, 0.2) is 0 Å². The van der Waals surface area contributed by atoms with Crippen LogP contribution in [0.3, 0.4) is 0 Å². The molecule has 0 fully saturated rings. The van der Waals surface area contributed by atoms with Crippen LogP contribution in [0, 0.1) is 0 Å². The Kier molecular flexibility index (Phi) is 842. The molecule has 0 unspecified atom stereocenters. The summed E-state index contributed by atoms with van der Waals surface area (Å²) in [6.07, 6.45) is 0. The second-order valence-electron chi connectivity index (χ2n) is 0. The summed E-state index contributed by atoms with van der Waals surface area (Å²) in [5.74, 6) is 0. The van der Waals surface area contributed by atoms with Crippen molar-refractivity contribution in [3.8, 4) is 0 Å². The molecule has 0 heterocycles. The molecular weight excluding hydrogens is 71.0 g/mol. The van der Waals surface area contributed by atoms with Gasteiger partial charge in [0.2, 0.25) is 0 Å². The second-order valence-corrected chi connectivity index (χ2v) is 0. The van der Waals surface area contributed by atoms with Gasteiger partial charge in [-0.15, -0.1) is 26.3 Å². The molecule has 0 aromatic rings. The summed E-state index contributed by atoms with van der Waals surface area (Å²) in [4.78, 5) is 0. The normalized spacial score (nSPS) is 1.60. The summed E-state index contributed by atoms with van der Waals surface area (Å²) in [5, 5.41) is 0. The van der Waals surface area contributed by atoms with Gasteiger partial charge in [-0.1, -0.05) is 0 Å². The molecule has 0 aromatic carbocycles. The second kappa shape index (κ2) is 235. The first-order valence-electron chi connectivity index (χ1n) is 1.000. The fraction of sp³-hybridized carbons (Fsp3) is 0. The fourth-order valence-corrected chi connectivity index (χ4v) is 0. The SMILES string of the molecule is C=C.C=C.[Na+]. The zero-order chi connectivity index (χ0) is 4.00. The molecule has 0 nitrogen and oxygen atoms in total. The summed E-state index contributed by atoms with van der Waals surface area (Å²) < 4.78 is 0. The van der Waals surface area contributed by atoms with Crippen molar-refractivity contribution in [2.45, 2.75) is 0 Å². The van der Waals surface area contributed by atoms with Crippen LogP contribution in [0.25, 0.3) is 0 Å². The predicted octanol–water partition coefficient (Wildman–Crippen LogP) is -1.39. The van der Waals surface area contributed by atoms with Crippen molar-refractivity contribution in [2.75, 3.05) is 0 Å². The number of hydrogen-bond acceptors (Lipinski definition) is 0. The Balaban J connectivity index is -0.0000000133. The maximum Gasteiger partial charge on any atom is 1.00 e. The molecule has 0 saturated carbocycles. The Labute approximate surface area is 55.9 Å². The van der Waals surface area contributed by atoms with Gasteiger partial charge in [-0.3, -0.25) is 0 Å². The van der Waals surface area contributed by atoms with Crippen LogP contribution in [0.4, 0.5) is 0 Å². The Morgan fingerprint density at radius 2 is 0.600 bits per heavy atom. The van der Waals surface area contributed by atoms with Crippen molar-refractivity contribution < 1.29 is 29.6 Å². The molecular formula is C4H8Na+. The van der Waals surface area contributed by atoms with Gasteiger partial charge < -0.3 is 0 Å². The monoisotopic (exact) mass is 79.1 g/mol. The molecule has 0 rings (SSSR count). The first-order valence-corrected chi connectivity index (χ1v) is 1.000. The summed E-state index contributed by atoms with van der Waals surface area (Å²) >= 11 is 0. The smallest absolute Gasteiger partial charge is 0.106 e. The van der Waals surface area contributed by atoms with Crippen LogP contribution in [0.15, 0.2) is 26.3 Å². The van der Waals surface area contributed by atoms with Crippen molar-refractivity contribution in [2.24, 2.45) is 0 Å². The van der Waals surface area contributed by atoms with Crippen LogP contribution in [-0.2, 0) is 0 Å². The van der Waals surface area contributed by atoms with E-state index in [1.165, 1.54) is 0 Å². The molecule has 0 spiro atoms. The van der Waals surface area contributed by atoms with E-state index in [-0.39, 0.29) is 29.6 Å². The standard InChI is InChI=1S/2C2H4.Na/c2*1-2;/h2*1-2H2;/q;;+1. The summed E-state index contributed by atoms with van der Waals surface area (Å²) in [7, 11) is 0. The fourth-order valence-electron chi connectivity index (χ4n) is 0. The van der Waals surface area contributed by atoms with Crippen LogP contribution >= 0.6 is 0 Å². The van der Waals surface area contributed by atoms with E-state index in [2.05, 4.69) is 26.3 Å². The van der Waals surface area contributed by atoms with Crippen molar-refractivity contribution in [3.63, 3.8) is 0 Å². The van der Waals surface area contributed by atoms with E-state index in [9.17, 15) is 0 Å². The van der Waals surface area contributed by atoms with Crippen molar-refractivity contribution in [1.29, 1.82) is 0 Å². The molecule has 0 N–H and O–H groups in total. The van der Waals surface area contributed by atoms with E-state index in [1.54, 1.807) is 0 Å². The zero-order valence-corrected chi connectivity index (χ0v) is 5.83. The third-order valence-electron chi connectivity index (χ3n) is 0. The van der Waals surface area contributed by atoms with Gasteiger partial charge in [-0.2, -0.15) is 0 Å². The molecule has 24 valence electrons.